The summed E-state index contributed by atoms with van der Waals surface area (Å²) >= 11 is 0. The predicted octanol–water partition coefficient (Wildman–Crippen LogP) is 0.0508. The van der Waals surface area contributed by atoms with Crippen LogP contribution in [0, 0.1) is 11.3 Å². The SMILES string of the molecule is CC1C(=O)N=C(C(N)C(C)(C)C)NC1=O. The van der Waals surface area contributed by atoms with Gasteiger partial charge >= 0.3 is 0 Å². The lowest BCUT2D eigenvalue weighted by Crippen LogP contribution is -2.54. The number of hydrogen-bond donors (Lipinski definition) is 2. The third-order valence-electron chi connectivity index (χ3n) is 2.47. The highest BCUT2D eigenvalue weighted by atomic mass is 16.2. The monoisotopic (exact) mass is 211 g/mol. The predicted molar refractivity (Wildman–Crippen MR) is 57.2 cm³/mol. The molecule has 5 nitrogen and oxygen atoms in total. The molecule has 3 N–H and O–H groups in total. The number of amidine groups is 1. The molecule has 5 heteroatoms. The van der Waals surface area contributed by atoms with Gasteiger partial charge in [0.25, 0.3) is 5.91 Å². The van der Waals surface area contributed by atoms with Crippen molar-refractivity contribution in [2.45, 2.75) is 33.7 Å². The molecule has 84 valence electrons. The van der Waals surface area contributed by atoms with Crippen LogP contribution in [0.15, 0.2) is 4.99 Å². The van der Waals surface area contributed by atoms with Crippen LogP contribution in [-0.4, -0.2) is 23.7 Å². The van der Waals surface area contributed by atoms with Crippen molar-refractivity contribution in [2.24, 2.45) is 22.1 Å². The Balaban J connectivity index is 2.94. The molecule has 0 aromatic heterocycles. The van der Waals surface area contributed by atoms with Crippen LogP contribution in [0.2, 0.25) is 0 Å². The molecule has 2 amide bonds. The Hall–Kier alpha value is -1.23. The van der Waals surface area contributed by atoms with E-state index in [1.54, 1.807) is 0 Å². The molecule has 1 aliphatic heterocycles. The van der Waals surface area contributed by atoms with Gasteiger partial charge in [-0.1, -0.05) is 20.8 Å². The van der Waals surface area contributed by atoms with Crippen molar-refractivity contribution in [1.29, 1.82) is 0 Å². The van der Waals surface area contributed by atoms with E-state index in [9.17, 15) is 9.59 Å². The van der Waals surface area contributed by atoms with Crippen LogP contribution in [0.5, 0.6) is 0 Å². The summed E-state index contributed by atoms with van der Waals surface area (Å²) < 4.78 is 0. The van der Waals surface area contributed by atoms with Gasteiger partial charge < -0.3 is 11.1 Å². The van der Waals surface area contributed by atoms with Gasteiger partial charge in [0.2, 0.25) is 5.91 Å². The third-order valence-corrected chi connectivity index (χ3v) is 2.47. The van der Waals surface area contributed by atoms with Gasteiger partial charge in [0.05, 0.1) is 6.04 Å². The molecule has 0 aromatic carbocycles. The number of amides is 2. The Kier molecular flexibility index (Phi) is 2.95. The molecule has 0 radical (unpaired) electrons. The number of nitrogens with zero attached hydrogens (tertiary/aromatic N) is 1. The standard InChI is InChI=1S/C10H17N3O2/c1-5-8(14)12-7(13-9(5)15)6(11)10(2,3)4/h5-6H,11H2,1-4H3,(H,12,13,14,15). The topological polar surface area (TPSA) is 84.6 Å². The number of nitrogens with one attached hydrogen (secondary N) is 1. The second-order valence-electron chi connectivity index (χ2n) is 4.89. The maximum absolute atomic E-state index is 11.4. The molecular weight excluding hydrogens is 194 g/mol. The van der Waals surface area contributed by atoms with E-state index in [1.807, 2.05) is 20.8 Å². The number of nitrogens with two attached hydrogens (primary N) is 1. The van der Waals surface area contributed by atoms with Gasteiger partial charge in [-0.15, -0.1) is 0 Å². The van der Waals surface area contributed by atoms with Crippen LogP contribution in [0.3, 0.4) is 0 Å². The number of hydrogen-bond acceptors (Lipinski definition) is 3. The first-order chi connectivity index (χ1) is 6.73. The van der Waals surface area contributed by atoms with Gasteiger partial charge in [-0.25, -0.2) is 0 Å². The highest BCUT2D eigenvalue weighted by Gasteiger charge is 2.34. The molecule has 0 aromatic rings. The molecular formula is C10H17N3O2. The van der Waals surface area contributed by atoms with Crippen molar-refractivity contribution < 1.29 is 9.59 Å². The van der Waals surface area contributed by atoms with E-state index in [0.29, 0.717) is 0 Å². The number of carbonyl (C=O) groups excluding carboxylic acids is 2. The second-order valence-corrected chi connectivity index (χ2v) is 4.89. The molecule has 0 aliphatic carbocycles. The van der Waals surface area contributed by atoms with E-state index < -0.39 is 17.9 Å². The minimum atomic E-state index is -0.707. The van der Waals surface area contributed by atoms with Crippen molar-refractivity contribution >= 4 is 17.6 Å². The first-order valence-electron chi connectivity index (χ1n) is 4.92. The van der Waals surface area contributed by atoms with Gasteiger partial charge in [0.15, 0.2) is 0 Å². The maximum Gasteiger partial charge on any atom is 0.259 e. The van der Waals surface area contributed by atoms with Gasteiger partial charge in [-0.2, -0.15) is 4.99 Å². The summed E-state index contributed by atoms with van der Waals surface area (Å²) in [6.07, 6.45) is 0. The molecule has 2 atom stereocenters. The van der Waals surface area contributed by atoms with Gasteiger partial charge in [-0.05, 0) is 12.3 Å². The summed E-state index contributed by atoms with van der Waals surface area (Å²) in [5.41, 5.74) is 5.65. The zero-order chi connectivity index (χ0) is 11.8. The quantitative estimate of drug-likeness (QED) is 0.601. The van der Waals surface area contributed by atoms with Crippen molar-refractivity contribution in [3.63, 3.8) is 0 Å². The van der Waals surface area contributed by atoms with Crippen molar-refractivity contribution in [1.82, 2.24) is 5.32 Å². The molecule has 0 bridgehead atoms. The van der Waals surface area contributed by atoms with Crippen molar-refractivity contribution in [2.75, 3.05) is 0 Å². The van der Waals surface area contributed by atoms with E-state index in [1.165, 1.54) is 6.92 Å². The van der Waals surface area contributed by atoms with Crippen LogP contribution < -0.4 is 11.1 Å². The average molecular weight is 211 g/mol. The van der Waals surface area contributed by atoms with Crippen LogP contribution in [0.25, 0.3) is 0 Å². The Bertz CT molecular complexity index is 328. The molecule has 15 heavy (non-hydrogen) atoms. The van der Waals surface area contributed by atoms with E-state index in [0.717, 1.165) is 0 Å². The minimum Gasteiger partial charge on any atom is -0.321 e. The Morgan fingerprint density at radius 3 is 2.33 bits per heavy atom. The van der Waals surface area contributed by atoms with Gasteiger partial charge in [0.1, 0.15) is 11.8 Å². The average Bonchev–Trinajstić information content (AvgIpc) is 2.10. The number of aliphatic imine (C=N–C) groups is 1. The van der Waals surface area contributed by atoms with Crippen molar-refractivity contribution in [3.8, 4) is 0 Å². The fraction of sp³-hybridized carbons (Fsp3) is 0.700. The molecule has 0 saturated heterocycles. The largest absolute Gasteiger partial charge is 0.321 e. The zero-order valence-corrected chi connectivity index (χ0v) is 9.50. The lowest BCUT2D eigenvalue weighted by Gasteiger charge is -2.30. The summed E-state index contributed by atoms with van der Waals surface area (Å²) in [5.74, 6) is -1.19. The summed E-state index contributed by atoms with van der Waals surface area (Å²) in [6.45, 7) is 7.30. The highest BCUT2D eigenvalue weighted by Crippen LogP contribution is 2.19. The molecule has 0 fully saturated rings. The Labute approximate surface area is 89.1 Å². The minimum absolute atomic E-state index is 0.243. The molecule has 1 rings (SSSR count). The normalized spacial score (nSPS) is 24.6. The summed E-state index contributed by atoms with van der Waals surface area (Å²) in [5, 5.41) is 2.57. The van der Waals surface area contributed by atoms with Crippen LogP contribution >= 0.6 is 0 Å². The first-order valence-corrected chi connectivity index (χ1v) is 4.92. The van der Waals surface area contributed by atoms with Gasteiger partial charge in [0, 0.05) is 0 Å². The van der Waals surface area contributed by atoms with Crippen molar-refractivity contribution in [3.05, 3.63) is 0 Å². The molecule has 1 heterocycles. The van der Waals surface area contributed by atoms with E-state index >= 15 is 0 Å². The third kappa shape index (κ3) is 2.41. The maximum atomic E-state index is 11.4. The van der Waals surface area contributed by atoms with Crippen LogP contribution in [0.4, 0.5) is 0 Å². The Morgan fingerprint density at radius 1 is 1.40 bits per heavy atom. The smallest absolute Gasteiger partial charge is 0.259 e. The molecule has 2 unspecified atom stereocenters. The van der Waals surface area contributed by atoms with E-state index in [2.05, 4.69) is 10.3 Å². The van der Waals surface area contributed by atoms with Gasteiger partial charge in [-0.3, -0.25) is 9.59 Å². The summed E-state index contributed by atoms with van der Waals surface area (Å²) in [6, 6.07) is -0.446. The zero-order valence-electron chi connectivity index (χ0n) is 9.50. The number of carbonyl (C=O) groups is 2. The summed E-state index contributed by atoms with van der Waals surface area (Å²) in [4.78, 5) is 26.5. The number of rotatable bonds is 1. The fourth-order valence-corrected chi connectivity index (χ4v) is 1.15. The summed E-state index contributed by atoms with van der Waals surface area (Å²) in [7, 11) is 0. The van der Waals surface area contributed by atoms with E-state index in [4.69, 9.17) is 5.73 Å². The van der Waals surface area contributed by atoms with Crippen LogP contribution in [-0.2, 0) is 9.59 Å². The molecule has 1 aliphatic rings. The fourth-order valence-electron chi connectivity index (χ4n) is 1.15. The van der Waals surface area contributed by atoms with E-state index in [-0.39, 0.29) is 17.2 Å². The lowest BCUT2D eigenvalue weighted by molar-refractivity contribution is -0.132. The van der Waals surface area contributed by atoms with Crippen LogP contribution in [0.1, 0.15) is 27.7 Å². The second kappa shape index (κ2) is 3.73. The molecule has 0 saturated carbocycles. The molecule has 0 spiro atoms. The lowest BCUT2D eigenvalue weighted by atomic mass is 9.86. The highest BCUT2D eigenvalue weighted by molar-refractivity contribution is 6.17. The first kappa shape index (κ1) is 11.8. The Morgan fingerprint density at radius 2 is 1.93 bits per heavy atom.